The Kier molecular flexibility index (Phi) is 10.7. The summed E-state index contributed by atoms with van der Waals surface area (Å²) in [7, 11) is 0. The number of ketones is 1. The lowest BCUT2D eigenvalue weighted by Crippen LogP contribution is -2.56. The van der Waals surface area contributed by atoms with Crippen LogP contribution in [0.25, 0.3) is 0 Å². The highest BCUT2D eigenvalue weighted by atomic mass is 16.5. The number of carboxylic acids is 1. The Labute approximate surface area is 257 Å². The fourth-order valence-corrected chi connectivity index (χ4v) is 5.52. The Morgan fingerprint density at radius 2 is 1.50 bits per heavy atom. The van der Waals surface area contributed by atoms with Gasteiger partial charge in [0.25, 0.3) is 23.6 Å². The van der Waals surface area contributed by atoms with E-state index in [9.17, 15) is 33.6 Å². The second kappa shape index (κ2) is 13.5. The molecule has 3 aliphatic rings. The van der Waals surface area contributed by atoms with Crippen molar-refractivity contribution in [3.63, 3.8) is 0 Å². The van der Waals surface area contributed by atoms with Crippen LogP contribution in [0.4, 0.5) is 0 Å². The first kappa shape index (κ1) is 34.8. The van der Waals surface area contributed by atoms with Crippen LogP contribution >= 0.6 is 0 Å². The maximum Gasteiger partial charge on any atom is 0.303 e. The van der Waals surface area contributed by atoms with E-state index in [1.54, 1.807) is 13.8 Å². The maximum absolute atomic E-state index is 13.4. The van der Waals surface area contributed by atoms with Crippen LogP contribution in [0.1, 0.15) is 60.8 Å². The minimum absolute atomic E-state index is 0.0408. The van der Waals surface area contributed by atoms with Gasteiger partial charge in [0, 0.05) is 55.8 Å². The van der Waals surface area contributed by atoms with E-state index in [2.05, 4.69) is 10.6 Å². The molecule has 0 aromatic heterocycles. The van der Waals surface area contributed by atoms with Crippen LogP contribution < -0.4 is 10.6 Å². The number of hydrogen-bond donors (Lipinski definition) is 3. The summed E-state index contributed by atoms with van der Waals surface area (Å²) in [5, 5.41) is 15.0. The number of ether oxygens (including phenoxy) is 1. The molecule has 2 unspecified atom stereocenters. The Morgan fingerprint density at radius 1 is 0.955 bits per heavy atom. The van der Waals surface area contributed by atoms with E-state index in [0.29, 0.717) is 0 Å². The molecule has 0 aromatic carbocycles. The monoisotopic (exact) mass is 616 g/mol. The van der Waals surface area contributed by atoms with Gasteiger partial charge in [-0.25, -0.2) is 0 Å². The van der Waals surface area contributed by atoms with Gasteiger partial charge in [-0.2, -0.15) is 0 Å². The van der Waals surface area contributed by atoms with Crippen LogP contribution in [-0.4, -0.2) is 101 Å². The SMILES string of the molecule is CC(C)CC(=O)C1(CNC[C@@H](C(=O)NCC(C)(C)COCC(C)(C)CC(=O)O)N2C(=O)C=CC2=O)CC1N1C(=O)C=CC1=O. The third kappa shape index (κ3) is 8.47. The zero-order valence-electron chi connectivity index (χ0n) is 26.3. The van der Waals surface area contributed by atoms with Crippen molar-refractivity contribution in [2.75, 3.05) is 32.8 Å². The van der Waals surface area contributed by atoms with Crippen LogP contribution in [0.3, 0.4) is 0 Å². The average molecular weight is 617 g/mol. The number of carbonyl (C=O) groups excluding carboxylic acids is 6. The molecule has 44 heavy (non-hydrogen) atoms. The first-order valence-electron chi connectivity index (χ1n) is 14.8. The normalized spacial score (nSPS) is 22.4. The van der Waals surface area contributed by atoms with E-state index in [4.69, 9.17) is 9.84 Å². The zero-order chi connectivity index (χ0) is 33.0. The molecule has 3 atom stereocenters. The molecule has 1 aliphatic carbocycles. The molecule has 3 N–H and O–H groups in total. The molecule has 0 spiro atoms. The van der Waals surface area contributed by atoms with Gasteiger partial charge in [0.2, 0.25) is 5.91 Å². The summed E-state index contributed by atoms with van der Waals surface area (Å²) in [6, 6.07) is -1.86. The molecule has 242 valence electrons. The molecule has 2 aliphatic heterocycles. The summed E-state index contributed by atoms with van der Waals surface area (Å²) in [5.41, 5.74) is -2.18. The topological polar surface area (TPSA) is 179 Å². The quantitative estimate of drug-likeness (QED) is 0.187. The lowest BCUT2D eigenvalue weighted by molar-refractivity contribution is -0.145. The van der Waals surface area contributed by atoms with Gasteiger partial charge in [0.05, 0.1) is 31.1 Å². The van der Waals surface area contributed by atoms with Gasteiger partial charge in [-0.3, -0.25) is 43.4 Å². The van der Waals surface area contributed by atoms with Crippen LogP contribution in [0.5, 0.6) is 0 Å². The Balaban J connectivity index is 1.66. The first-order chi connectivity index (χ1) is 20.4. The van der Waals surface area contributed by atoms with Crippen molar-refractivity contribution in [1.82, 2.24) is 20.4 Å². The summed E-state index contributed by atoms with van der Waals surface area (Å²) in [6.07, 6.45) is 4.98. The van der Waals surface area contributed by atoms with Gasteiger partial charge in [0.1, 0.15) is 11.8 Å². The van der Waals surface area contributed by atoms with Crippen molar-refractivity contribution in [3.8, 4) is 0 Å². The minimum Gasteiger partial charge on any atom is -0.481 e. The Bertz CT molecular complexity index is 1230. The molecule has 2 heterocycles. The highest BCUT2D eigenvalue weighted by molar-refractivity contribution is 6.15. The summed E-state index contributed by atoms with van der Waals surface area (Å²) < 4.78 is 5.77. The van der Waals surface area contributed by atoms with Crippen molar-refractivity contribution >= 4 is 41.3 Å². The number of imide groups is 2. The van der Waals surface area contributed by atoms with E-state index >= 15 is 0 Å². The van der Waals surface area contributed by atoms with E-state index in [1.165, 1.54) is 12.2 Å². The predicted molar refractivity (Wildman–Crippen MR) is 158 cm³/mol. The van der Waals surface area contributed by atoms with Gasteiger partial charge in [0.15, 0.2) is 0 Å². The van der Waals surface area contributed by atoms with E-state index < -0.39 is 63.8 Å². The molecule has 0 aromatic rings. The standard InChI is InChI=1S/C31H44N4O9/c1-19(2)11-22(36)31(12-21(31)35-25(39)9-10-26(35)40)16-32-14-20(34-23(37)7-8-24(34)38)28(43)33-15-30(5,6)18-44-17-29(3,4)13-27(41)42/h7-10,19-21,32H,11-18H2,1-6H3,(H,33,43)(H,41,42)/t20-,21?,31?/m0/s1. The number of aliphatic carboxylic acids is 1. The highest BCUT2D eigenvalue weighted by Gasteiger charge is 2.64. The molecule has 0 bridgehead atoms. The third-order valence-corrected chi connectivity index (χ3v) is 7.93. The summed E-state index contributed by atoms with van der Waals surface area (Å²) in [5.74, 6) is -3.82. The fourth-order valence-electron chi connectivity index (χ4n) is 5.52. The van der Waals surface area contributed by atoms with Crippen molar-refractivity contribution in [3.05, 3.63) is 24.3 Å². The molecule has 1 saturated carbocycles. The minimum atomic E-state index is -1.23. The van der Waals surface area contributed by atoms with Crippen LogP contribution in [0.2, 0.25) is 0 Å². The van der Waals surface area contributed by atoms with Gasteiger partial charge in [-0.05, 0) is 17.8 Å². The molecule has 5 amide bonds. The van der Waals surface area contributed by atoms with Gasteiger partial charge in [-0.15, -0.1) is 0 Å². The van der Waals surface area contributed by atoms with E-state index in [-0.39, 0.29) is 63.8 Å². The van der Waals surface area contributed by atoms with Crippen LogP contribution in [0.15, 0.2) is 24.3 Å². The number of rotatable bonds is 18. The lowest BCUT2D eigenvalue weighted by Gasteiger charge is -2.31. The summed E-state index contributed by atoms with van der Waals surface area (Å²) in [4.78, 5) is 89.6. The van der Waals surface area contributed by atoms with Gasteiger partial charge in [-0.1, -0.05) is 41.5 Å². The Morgan fingerprint density at radius 3 is 2.05 bits per heavy atom. The molecule has 13 heteroatoms. The predicted octanol–water partition coefficient (Wildman–Crippen LogP) is 0.828. The third-order valence-electron chi connectivity index (χ3n) is 7.93. The number of Topliss-reactive ketones (excluding diaryl/α,β-unsaturated/α-hetero) is 1. The number of hydrogen-bond acceptors (Lipinski definition) is 9. The summed E-state index contributed by atoms with van der Waals surface area (Å²) in [6.45, 7) is 11.5. The highest BCUT2D eigenvalue weighted by Crippen LogP contribution is 2.51. The van der Waals surface area contributed by atoms with E-state index in [0.717, 1.165) is 22.0 Å². The molecular weight excluding hydrogens is 572 g/mol. The largest absolute Gasteiger partial charge is 0.481 e. The molecule has 0 radical (unpaired) electrons. The molecule has 3 rings (SSSR count). The number of amides is 5. The van der Waals surface area contributed by atoms with Crippen LogP contribution in [-0.2, 0) is 38.3 Å². The van der Waals surface area contributed by atoms with Crippen LogP contribution in [0, 0.1) is 22.2 Å². The molecule has 0 saturated heterocycles. The zero-order valence-corrected chi connectivity index (χ0v) is 26.3. The molecular formula is C31H44N4O9. The number of carbonyl (C=O) groups is 7. The first-order valence-corrected chi connectivity index (χ1v) is 14.8. The van der Waals surface area contributed by atoms with Crippen molar-refractivity contribution in [2.45, 2.75) is 72.9 Å². The Hall–Kier alpha value is -3.71. The van der Waals surface area contributed by atoms with Crippen molar-refractivity contribution in [1.29, 1.82) is 0 Å². The second-order valence-corrected chi connectivity index (χ2v) is 13.9. The average Bonchev–Trinajstić information content (AvgIpc) is 3.38. The van der Waals surface area contributed by atoms with Gasteiger partial charge < -0.3 is 20.5 Å². The summed E-state index contributed by atoms with van der Waals surface area (Å²) >= 11 is 0. The molecule has 13 nitrogen and oxygen atoms in total. The van der Waals surface area contributed by atoms with Crippen molar-refractivity contribution in [2.24, 2.45) is 22.2 Å². The number of nitrogens with zero attached hydrogens (tertiary/aromatic N) is 2. The van der Waals surface area contributed by atoms with Crippen molar-refractivity contribution < 1.29 is 43.4 Å². The fraction of sp³-hybridized carbons (Fsp3) is 0.645. The lowest BCUT2D eigenvalue weighted by atomic mass is 9.90. The number of nitrogens with one attached hydrogen (secondary N) is 2. The second-order valence-electron chi connectivity index (χ2n) is 13.9. The smallest absolute Gasteiger partial charge is 0.303 e. The maximum atomic E-state index is 13.4. The van der Waals surface area contributed by atoms with Gasteiger partial charge >= 0.3 is 5.97 Å². The number of carboxylic acid groups (broad SMARTS) is 1. The molecule has 1 fully saturated rings. The van der Waals surface area contributed by atoms with E-state index in [1.807, 2.05) is 27.7 Å².